The van der Waals surface area contributed by atoms with Gasteiger partial charge < -0.3 is 14.4 Å². The van der Waals surface area contributed by atoms with Crippen LogP contribution in [0.3, 0.4) is 0 Å². The molecule has 2 aliphatic rings. The minimum Gasteiger partial charge on any atom is -0.496 e. The summed E-state index contributed by atoms with van der Waals surface area (Å²) in [4.78, 5) is 20.9. The third-order valence-corrected chi connectivity index (χ3v) is 7.79. The van der Waals surface area contributed by atoms with Crippen LogP contribution in [0.4, 0.5) is 5.69 Å². The molecular weight excluding hydrogens is 509 g/mol. The molecule has 0 unspecified atom stereocenters. The molecule has 0 fully saturated rings. The van der Waals surface area contributed by atoms with Gasteiger partial charge in [-0.25, -0.2) is 4.98 Å². The van der Waals surface area contributed by atoms with Crippen molar-refractivity contribution in [2.75, 3.05) is 12.0 Å². The van der Waals surface area contributed by atoms with Crippen molar-refractivity contribution in [3.05, 3.63) is 86.7 Å². The van der Waals surface area contributed by atoms with Crippen LogP contribution < -0.4 is 9.64 Å². The molecule has 3 aromatic carbocycles. The molecule has 4 aromatic rings. The number of carbonyl (C=O) groups excluding carboxylic acids is 1. The Morgan fingerprint density at radius 1 is 1.08 bits per heavy atom. The zero-order valence-electron chi connectivity index (χ0n) is 20.8. The minimum absolute atomic E-state index is 0.0147. The highest BCUT2D eigenvalue weighted by molar-refractivity contribution is 6.35. The summed E-state index contributed by atoms with van der Waals surface area (Å²) < 4.78 is 7.76. The SMILES string of the molecule is COc1ccc(CO)cc1-c1nc2c(n1C(C)C)[C@H]1c3ccc(Cl)cc3-c3c(Cl)ccc(C)c3N1C2=O. The lowest BCUT2D eigenvalue weighted by atomic mass is 9.86. The molecule has 1 N–H and O–H groups in total. The molecule has 1 atom stereocenters. The number of rotatable bonds is 4. The van der Waals surface area contributed by atoms with Gasteiger partial charge in [0.25, 0.3) is 5.91 Å². The maximum absolute atomic E-state index is 14.1. The molecule has 0 aliphatic carbocycles. The molecule has 2 aliphatic heterocycles. The standard InChI is InChI=1S/C29H25Cl2N3O3/c1-14(2)33-27-24(32-28(33)20-11-16(13-35)6-10-22(20)37-4)29(36)34-25-15(3)5-9-21(31)23(25)19-12-17(30)7-8-18(19)26(27)34/h5-12,14,26,35H,13H2,1-4H3/t26-/m1/s1. The molecular formula is C29H25Cl2N3O3. The number of carbonyl (C=O) groups is 1. The van der Waals surface area contributed by atoms with Gasteiger partial charge in [-0.3, -0.25) is 9.69 Å². The Labute approximate surface area is 225 Å². The van der Waals surface area contributed by atoms with E-state index in [2.05, 4.69) is 18.4 Å². The van der Waals surface area contributed by atoms with Crippen molar-refractivity contribution in [2.45, 2.75) is 39.5 Å². The van der Waals surface area contributed by atoms with Gasteiger partial charge in [-0.05, 0) is 73.4 Å². The zero-order chi connectivity index (χ0) is 26.2. The van der Waals surface area contributed by atoms with Crippen molar-refractivity contribution in [1.29, 1.82) is 0 Å². The number of aliphatic hydroxyl groups is 1. The fraction of sp³-hybridized carbons (Fsp3) is 0.241. The highest BCUT2D eigenvalue weighted by atomic mass is 35.5. The summed E-state index contributed by atoms with van der Waals surface area (Å²) in [5.74, 6) is 1.07. The zero-order valence-corrected chi connectivity index (χ0v) is 22.4. The second-order valence-electron chi connectivity index (χ2n) is 9.72. The number of imidazole rings is 1. The first kappa shape index (κ1) is 24.0. The summed E-state index contributed by atoms with van der Waals surface area (Å²) in [6.07, 6.45) is 0. The van der Waals surface area contributed by atoms with E-state index in [1.54, 1.807) is 7.11 Å². The fourth-order valence-corrected chi connectivity index (χ4v) is 6.12. The molecule has 0 saturated heterocycles. The topological polar surface area (TPSA) is 67.6 Å². The van der Waals surface area contributed by atoms with E-state index in [1.807, 2.05) is 60.4 Å². The van der Waals surface area contributed by atoms with Crippen LogP contribution in [0.2, 0.25) is 10.0 Å². The van der Waals surface area contributed by atoms with Crippen molar-refractivity contribution in [1.82, 2.24) is 9.55 Å². The molecule has 8 heteroatoms. The van der Waals surface area contributed by atoms with E-state index in [-0.39, 0.29) is 18.6 Å². The molecule has 1 aromatic heterocycles. The maximum atomic E-state index is 14.1. The van der Waals surface area contributed by atoms with E-state index in [1.165, 1.54) is 0 Å². The van der Waals surface area contributed by atoms with Gasteiger partial charge in [0.1, 0.15) is 17.6 Å². The predicted molar refractivity (Wildman–Crippen MR) is 146 cm³/mol. The first-order chi connectivity index (χ1) is 17.8. The lowest BCUT2D eigenvalue weighted by Crippen LogP contribution is -2.34. The average Bonchev–Trinajstić information content (AvgIpc) is 3.41. The molecule has 0 radical (unpaired) electrons. The number of benzene rings is 3. The number of ether oxygens (including phenoxy) is 1. The summed E-state index contributed by atoms with van der Waals surface area (Å²) in [6.45, 7) is 6.02. The number of anilines is 1. The van der Waals surface area contributed by atoms with Crippen LogP contribution in [-0.2, 0) is 6.61 Å². The Balaban J connectivity index is 1.68. The summed E-state index contributed by atoms with van der Waals surface area (Å²) in [7, 11) is 1.60. The number of hydrogen-bond acceptors (Lipinski definition) is 4. The van der Waals surface area contributed by atoms with Crippen molar-refractivity contribution >= 4 is 34.8 Å². The lowest BCUT2D eigenvalue weighted by molar-refractivity contribution is 0.0989. The van der Waals surface area contributed by atoms with E-state index in [0.29, 0.717) is 27.3 Å². The molecule has 0 spiro atoms. The third-order valence-electron chi connectivity index (χ3n) is 7.24. The van der Waals surface area contributed by atoms with Gasteiger partial charge in [-0.15, -0.1) is 0 Å². The van der Waals surface area contributed by atoms with Crippen LogP contribution >= 0.6 is 23.2 Å². The number of amides is 1. The van der Waals surface area contributed by atoms with Crippen LogP contribution in [0.15, 0.2) is 48.5 Å². The molecule has 0 saturated carbocycles. The van der Waals surface area contributed by atoms with Crippen LogP contribution in [0, 0.1) is 6.92 Å². The fourth-order valence-electron chi connectivity index (χ4n) is 5.70. The molecule has 3 heterocycles. The van der Waals surface area contributed by atoms with Gasteiger partial charge in [0.2, 0.25) is 0 Å². The maximum Gasteiger partial charge on any atom is 0.279 e. The van der Waals surface area contributed by atoms with Gasteiger partial charge in [0.05, 0.1) is 35.7 Å². The number of methoxy groups -OCH3 is 1. The van der Waals surface area contributed by atoms with Gasteiger partial charge in [0.15, 0.2) is 5.69 Å². The first-order valence-electron chi connectivity index (χ1n) is 12.1. The second-order valence-corrected chi connectivity index (χ2v) is 10.6. The Kier molecular flexibility index (Phi) is 5.60. The van der Waals surface area contributed by atoms with Crippen LogP contribution in [0.25, 0.3) is 22.5 Å². The Bertz CT molecular complexity index is 1610. The lowest BCUT2D eigenvalue weighted by Gasteiger charge is -2.37. The van der Waals surface area contributed by atoms with E-state index >= 15 is 0 Å². The first-order valence-corrected chi connectivity index (χ1v) is 12.8. The summed E-state index contributed by atoms with van der Waals surface area (Å²) in [6, 6.07) is 14.6. The van der Waals surface area contributed by atoms with Crippen molar-refractivity contribution in [2.24, 2.45) is 0 Å². The number of nitrogens with zero attached hydrogens (tertiary/aromatic N) is 3. The summed E-state index contributed by atoms with van der Waals surface area (Å²) in [5, 5.41) is 11.0. The van der Waals surface area contributed by atoms with E-state index < -0.39 is 6.04 Å². The highest BCUT2D eigenvalue weighted by Crippen LogP contribution is 2.56. The van der Waals surface area contributed by atoms with Crippen LogP contribution in [0.5, 0.6) is 5.75 Å². The van der Waals surface area contributed by atoms with E-state index in [0.717, 1.165) is 44.8 Å². The van der Waals surface area contributed by atoms with Crippen LogP contribution in [-0.4, -0.2) is 27.7 Å². The van der Waals surface area contributed by atoms with Crippen molar-refractivity contribution < 1.29 is 14.6 Å². The number of aryl methyl sites for hydroxylation is 1. The highest BCUT2D eigenvalue weighted by Gasteiger charge is 2.49. The smallest absolute Gasteiger partial charge is 0.279 e. The number of hydrogen-bond donors (Lipinski definition) is 1. The van der Waals surface area contributed by atoms with E-state index in [9.17, 15) is 9.90 Å². The third kappa shape index (κ3) is 3.36. The number of aromatic nitrogens is 2. The summed E-state index contributed by atoms with van der Waals surface area (Å²) in [5.41, 5.74) is 7.08. The Hall–Kier alpha value is -3.32. The minimum atomic E-state index is -0.393. The van der Waals surface area contributed by atoms with E-state index in [4.69, 9.17) is 32.9 Å². The number of aliphatic hydroxyl groups excluding tert-OH is 1. The Morgan fingerprint density at radius 3 is 2.57 bits per heavy atom. The van der Waals surface area contributed by atoms with Gasteiger partial charge >= 0.3 is 0 Å². The Morgan fingerprint density at radius 2 is 1.86 bits per heavy atom. The molecule has 188 valence electrons. The van der Waals surface area contributed by atoms with Gasteiger partial charge in [-0.2, -0.15) is 0 Å². The predicted octanol–water partition coefficient (Wildman–Crippen LogP) is 6.98. The quantitative estimate of drug-likeness (QED) is 0.307. The van der Waals surface area contributed by atoms with Crippen molar-refractivity contribution in [3.63, 3.8) is 0 Å². The van der Waals surface area contributed by atoms with Gasteiger partial charge in [-0.1, -0.05) is 41.4 Å². The number of halogens is 2. The largest absolute Gasteiger partial charge is 0.496 e. The molecule has 37 heavy (non-hydrogen) atoms. The summed E-state index contributed by atoms with van der Waals surface area (Å²) >= 11 is 13.2. The molecule has 6 nitrogen and oxygen atoms in total. The molecule has 0 bridgehead atoms. The normalized spacial score (nSPS) is 15.5. The average molecular weight is 534 g/mol. The second kappa shape index (κ2) is 8.62. The van der Waals surface area contributed by atoms with Crippen LogP contribution in [0.1, 0.15) is 58.8 Å². The van der Waals surface area contributed by atoms with Gasteiger partial charge in [0, 0.05) is 16.6 Å². The molecule has 1 amide bonds. The monoisotopic (exact) mass is 533 g/mol. The number of fused-ring (bicyclic) bond motifs is 8. The van der Waals surface area contributed by atoms with Crippen molar-refractivity contribution in [3.8, 4) is 28.3 Å². The molecule has 6 rings (SSSR count).